The molecule has 0 spiro atoms. The Kier molecular flexibility index (Phi) is 5.24. The molecule has 1 saturated heterocycles. The van der Waals surface area contributed by atoms with Crippen molar-refractivity contribution in [3.05, 3.63) is 36.0 Å². The van der Waals surface area contributed by atoms with Gasteiger partial charge in [0.25, 0.3) is 5.91 Å². The van der Waals surface area contributed by atoms with Gasteiger partial charge in [-0.15, -0.1) is 0 Å². The summed E-state index contributed by atoms with van der Waals surface area (Å²) in [5.41, 5.74) is 0.408. The fourth-order valence-corrected chi connectivity index (χ4v) is 3.84. The normalized spacial score (nSPS) is 19.7. The minimum atomic E-state index is -3.01. The van der Waals surface area contributed by atoms with E-state index in [1.165, 1.54) is 6.20 Å². The molecule has 1 amide bonds. The van der Waals surface area contributed by atoms with Crippen LogP contribution in [0.15, 0.2) is 36.0 Å². The van der Waals surface area contributed by atoms with E-state index in [9.17, 15) is 13.2 Å². The first-order valence-corrected chi connectivity index (χ1v) is 8.78. The maximum atomic E-state index is 12.0. The van der Waals surface area contributed by atoms with Crippen molar-refractivity contribution < 1.29 is 17.9 Å². The van der Waals surface area contributed by atoms with Crippen LogP contribution in [0.2, 0.25) is 0 Å². The molecule has 1 fully saturated rings. The number of anilines is 1. The maximum absolute atomic E-state index is 12.0. The van der Waals surface area contributed by atoms with Crippen LogP contribution in [0.1, 0.15) is 6.42 Å². The van der Waals surface area contributed by atoms with E-state index in [0.717, 1.165) is 0 Å². The Labute approximate surface area is 134 Å². The number of nitrogens with one attached hydrogen (secondary N) is 2. The van der Waals surface area contributed by atoms with Crippen LogP contribution in [-0.4, -0.2) is 39.0 Å². The Morgan fingerprint density at radius 1 is 1.39 bits per heavy atom. The number of benzene rings is 1. The predicted molar refractivity (Wildman–Crippen MR) is 85.5 cm³/mol. The molecule has 2 N–H and O–H groups in total. The van der Waals surface area contributed by atoms with Gasteiger partial charge in [0.2, 0.25) is 0 Å². The number of amides is 1. The van der Waals surface area contributed by atoms with E-state index < -0.39 is 15.7 Å². The summed E-state index contributed by atoms with van der Waals surface area (Å²) in [4.78, 5) is 12.0. The van der Waals surface area contributed by atoms with E-state index >= 15 is 0 Å². The molecule has 2 rings (SSSR count). The van der Waals surface area contributed by atoms with Crippen LogP contribution in [0.4, 0.5) is 5.69 Å². The second-order valence-electron chi connectivity index (χ2n) is 5.12. The molecule has 1 aliphatic rings. The maximum Gasteiger partial charge on any atom is 0.267 e. The summed E-state index contributed by atoms with van der Waals surface area (Å²) in [6.07, 6.45) is 1.74. The summed E-state index contributed by atoms with van der Waals surface area (Å²) in [6, 6.07) is 8.22. The number of rotatable bonds is 5. The van der Waals surface area contributed by atoms with Gasteiger partial charge in [0.15, 0.2) is 9.84 Å². The Hall–Kier alpha value is -2.53. The van der Waals surface area contributed by atoms with Gasteiger partial charge in [-0.3, -0.25) is 4.79 Å². The van der Waals surface area contributed by atoms with Gasteiger partial charge in [-0.1, -0.05) is 0 Å². The van der Waals surface area contributed by atoms with Gasteiger partial charge in [0.05, 0.1) is 18.6 Å². The first-order chi connectivity index (χ1) is 10.9. The first kappa shape index (κ1) is 16.8. The molecule has 122 valence electrons. The zero-order valence-electron chi connectivity index (χ0n) is 12.6. The van der Waals surface area contributed by atoms with Crippen LogP contribution >= 0.6 is 0 Å². The number of carbonyl (C=O) groups excluding carboxylic acids is 1. The number of ether oxygens (including phenoxy) is 1. The summed E-state index contributed by atoms with van der Waals surface area (Å²) >= 11 is 0. The minimum Gasteiger partial charge on any atom is -0.497 e. The van der Waals surface area contributed by atoms with Gasteiger partial charge in [-0.05, 0) is 30.7 Å². The highest BCUT2D eigenvalue weighted by molar-refractivity contribution is 7.91. The minimum absolute atomic E-state index is 0.0162. The predicted octanol–water partition coefficient (Wildman–Crippen LogP) is 0.818. The Morgan fingerprint density at radius 3 is 2.61 bits per heavy atom. The molecule has 0 saturated carbocycles. The summed E-state index contributed by atoms with van der Waals surface area (Å²) in [6.45, 7) is 0. The molecule has 1 heterocycles. The van der Waals surface area contributed by atoms with Crippen LogP contribution in [0.5, 0.6) is 5.75 Å². The van der Waals surface area contributed by atoms with Crippen molar-refractivity contribution in [1.82, 2.24) is 5.32 Å². The van der Waals surface area contributed by atoms with Crippen molar-refractivity contribution in [3.63, 3.8) is 0 Å². The van der Waals surface area contributed by atoms with Crippen molar-refractivity contribution in [2.75, 3.05) is 23.9 Å². The van der Waals surface area contributed by atoms with Crippen LogP contribution in [0, 0.1) is 11.3 Å². The van der Waals surface area contributed by atoms with E-state index in [-0.39, 0.29) is 23.1 Å². The molecule has 7 nitrogen and oxygen atoms in total. The second-order valence-corrected chi connectivity index (χ2v) is 7.35. The van der Waals surface area contributed by atoms with Crippen molar-refractivity contribution in [2.45, 2.75) is 12.5 Å². The zero-order valence-corrected chi connectivity index (χ0v) is 13.4. The van der Waals surface area contributed by atoms with Crippen molar-refractivity contribution in [2.24, 2.45) is 0 Å². The molecule has 1 aromatic carbocycles. The summed E-state index contributed by atoms with van der Waals surface area (Å²) in [5.74, 6) is 0.231. The summed E-state index contributed by atoms with van der Waals surface area (Å²) < 4.78 is 27.8. The molecule has 8 heteroatoms. The lowest BCUT2D eigenvalue weighted by atomic mass is 10.2. The monoisotopic (exact) mass is 335 g/mol. The van der Waals surface area contributed by atoms with E-state index in [4.69, 9.17) is 10.00 Å². The highest BCUT2D eigenvalue weighted by Crippen LogP contribution is 2.16. The number of nitriles is 1. The average Bonchev–Trinajstić information content (AvgIpc) is 2.88. The van der Waals surface area contributed by atoms with Crippen molar-refractivity contribution in [1.29, 1.82) is 5.26 Å². The van der Waals surface area contributed by atoms with E-state index in [2.05, 4.69) is 10.6 Å². The van der Waals surface area contributed by atoms with Gasteiger partial charge in [0, 0.05) is 17.9 Å². The number of hydrogen-bond acceptors (Lipinski definition) is 6. The van der Waals surface area contributed by atoms with Gasteiger partial charge in [0.1, 0.15) is 17.4 Å². The average molecular weight is 335 g/mol. The molecule has 23 heavy (non-hydrogen) atoms. The van der Waals surface area contributed by atoms with Gasteiger partial charge in [-0.2, -0.15) is 5.26 Å². The van der Waals surface area contributed by atoms with Crippen molar-refractivity contribution >= 4 is 21.4 Å². The number of methoxy groups -OCH3 is 1. The topological polar surface area (TPSA) is 108 Å². The second kappa shape index (κ2) is 7.15. The lowest BCUT2D eigenvalue weighted by molar-refractivity contribution is -0.112. The third-order valence-corrected chi connectivity index (χ3v) is 5.18. The van der Waals surface area contributed by atoms with E-state index in [1.54, 1.807) is 37.4 Å². The molecule has 1 atom stereocenters. The largest absolute Gasteiger partial charge is 0.497 e. The molecule has 1 unspecified atom stereocenters. The van der Waals surface area contributed by atoms with Crippen LogP contribution in [-0.2, 0) is 14.6 Å². The molecule has 0 radical (unpaired) electrons. The molecule has 1 aliphatic heterocycles. The van der Waals surface area contributed by atoms with Crippen molar-refractivity contribution in [3.8, 4) is 11.8 Å². The van der Waals surface area contributed by atoms with E-state index in [0.29, 0.717) is 17.9 Å². The first-order valence-electron chi connectivity index (χ1n) is 6.95. The lowest BCUT2D eigenvalue weighted by Gasteiger charge is -2.09. The Balaban J connectivity index is 1.97. The molecule has 0 aliphatic carbocycles. The molecule has 0 aromatic heterocycles. The quantitative estimate of drug-likeness (QED) is 0.609. The van der Waals surface area contributed by atoms with Gasteiger partial charge in [-0.25, -0.2) is 8.42 Å². The number of sulfone groups is 1. The number of carbonyl (C=O) groups is 1. The summed E-state index contributed by atoms with van der Waals surface area (Å²) in [5, 5.41) is 14.5. The SMILES string of the molecule is COc1ccc(NC(=O)/C(C#N)=C\NC2CCS(=O)(=O)C2)cc1. The Bertz CT molecular complexity index is 748. The van der Waals surface area contributed by atoms with Gasteiger partial charge >= 0.3 is 0 Å². The third kappa shape index (κ3) is 4.72. The molecular formula is C15H17N3O4S. The molecule has 0 bridgehead atoms. The number of nitrogens with zero attached hydrogens (tertiary/aromatic N) is 1. The molecular weight excluding hydrogens is 318 g/mol. The fourth-order valence-electron chi connectivity index (χ4n) is 2.15. The standard InChI is InChI=1S/C15H17N3O4S/c1-22-14-4-2-12(3-5-14)18-15(19)11(8-16)9-17-13-6-7-23(20,21)10-13/h2-5,9,13,17H,6-7,10H2,1H3,(H,18,19)/b11-9-. The third-order valence-electron chi connectivity index (χ3n) is 3.41. The smallest absolute Gasteiger partial charge is 0.267 e. The molecule has 1 aromatic rings. The Morgan fingerprint density at radius 2 is 2.09 bits per heavy atom. The zero-order chi connectivity index (χ0) is 16.9. The summed E-state index contributed by atoms with van der Waals surface area (Å²) in [7, 11) is -1.47. The fraction of sp³-hybridized carbons (Fsp3) is 0.333. The van der Waals surface area contributed by atoms with E-state index in [1.807, 2.05) is 0 Å². The number of hydrogen-bond donors (Lipinski definition) is 2. The van der Waals surface area contributed by atoms with Crippen LogP contribution in [0.3, 0.4) is 0 Å². The lowest BCUT2D eigenvalue weighted by Crippen LogP contribution is -2.27. The van der Waals surface area contributed by atoms with Gasteiger partial charge < -0.3 is 15.4 Å². The highest BCUT2D eigenvalue weighted by Gasteiger charge is 2.27. The highest BCUT2D eigenvalue weighted by atomic mass is 32.2. The van der Waals surface area contributed by atoms with Crippen LogP contribution in [0.25, 0.3) is 0 Å². The van der Waals surface area contributed by atoms with Crippen LogP contribution < -0.4 is 15.4 Å².